The maximum absolute atomic E-state index is 10.7. The van der Waals surface area contributed by atoms with Gasteiger partial charge in [0.25, 0.3) is 0 Å². The Kier molecular flexibility index (Phi) is 40.4. The van der Waals surface area contributed by atoms with Crippen molar-refractivity contribution < 1.29 is 23.8 Å². The zero-order valence-electron chi connectivity index (χ0n) is 23.1. The van der Waals surface area contributed by atoms with Gasteiger partial charge in [-0.05, 0) is 31.1 Å². The maximum Gasteiger partial charge on any atom is 0.302 e. The Labute approximate surface area is 215 Å². The zero-order valence-corrected chi connectivity index (χ0v) is 23.1. The Morgan fingerprint density at radius 3 is 1.12 bits per heavy atom. The van der Waals surface area contributed by atoms with Crippen LogP contribution in [0.3, 0.4) is 0 Å². The van der Waals surface area contributed by atoms with Gasteiger partial charge in [0.1, 0.15) is 0 Å². The highest BCUT2D eigenvalue weighted by atomic mass is 16.5. The average molecular weight is 493 g/mol. The topological polar surface area (TPSA) is 61.8 Å². The minimum Gasteiger partial charge on any atom is -0.465 e. The van der Waals surface area contributed by atoms with Crippen LogP contribution in [0, 0.1) is 23.7 Å². The van der Waals surface area contributed by atoms with Crippen molar-refractivity contribution in [3.05, 3.63) is 0 Å². The molecule has 0 aromatic carbocycles. The van der Waals surface area contributed by atoms with Gasteiger partial charge in [-0.2, -0.15) is 0 Å². The number of hydrogen-bond acceptors (Lipinski definition) is 5. The fourth-order valence-electron chi connectivity index (χ4n) is 2.88. The van der Waals surface area contributed by atoms with Crippen LogP contribution in [0.15, 0.2) is 0 Å². The van der Waals surface area contributed by atoms with Gasteiger partial charge in [-0.15, -0.1) is 0 Å². The number of unbranched alkanes of at least 4 members (excludes halogenated alkanes) is 3. The molecule has 0 heterocycles. The first-order valence-electron chi connectivity index (χ1n) is 12.9. The smallest absolute Gasteiger partial charge is 0.302 e. The predicted molar refractivity (Wildman–Crippen MR) is 149 cm³/mol. The van der Waals surface area contributed by atoms with Crippen LogP contribution in [0.5, 0.6) is 0 Å². The van der Waals surface area contributed by atoms with Crippen molar-refractivity contribution in [1.29, 1.82) is 0 Å². The molecule has 0 aliphatic rings. The molecule has 0 saturated carbocycles. The number of carbonyl (C=O) groups is 2. The van der Waals surface area contributed by atoms with E-state index in [9.17, 15) is 9.59 Å². The molecule has 0 aromatic rings. The van der Waals surface area contributed by atoms with Crippen LogP contribution in [-0.2, 0) is 23.8 Å². The van der Waals surface area contributed by atoms with Crippen molar-refractivity contribution in [3.63, 3.8) is 0 Å². The number of esters is 2. The molecule has 210 valence electrons. The molecule has 34 heavy (non-hydrogen) atoms. The molecule has 5 heteroatoms. The summed E-state index contributed by atoms with van der Waals surface area (Å²) in [6, 6.07) is 0. The van der Waals surface area contributed by atoms with Crippen LogP contribution >= 0.6 is 0 Å². The highest BCUT2D eigenvalue weighted by Gasteiger charge is 2.12. The maximum atomic E-state index is 10.7. The minimum absolute atomic E-state index is 0. The van der Waals surface area contributed by atoms with E-state index in [1.165, 1.54) is 46.0 Å². The third kappa shape index (κ3) is 41.2. The summed E-state index contributed by atoms with van der Waals surface area (Å²) in [7, 11) is 0. The highest BCUT2D eigenvalue weighted by Crippen LogP contribution is 2.09. The van der Waals surface area contributed by atoms with E-state index in [-0.39, 0.29) is 38.6 Å². The van der Waals surface area contributed by atoms with E-state index in [1.54, 1.807) is 0 Å². The van der Waals surface area contributed by atoms with Gasteiger partial charge in [0.05, 0.1) is 26.4 Å². The van der Waals surface area contributed by atoms with Crippen molar-refractivity contribution >= 4 is 11.9 Å². The van der Waals surface area contributed by atoms with Gasteiger partial charge in [-0.1, -0.05) is 95.9 Å². The second-order valence-corrected chi connectivity index (χ2v) is 9.42. The summed E-state index contributed by atoms with van der Waals surface area (Å²) in [5, 5.41) is 0. The largest absolute Gasteiger partial charge is 0.465 e. The monoisotopic (exact) mass is 492 g/mol. The number of rotatable bonds is 15. The third-order valence-corrected chi connectivity index (χ3v) is 4.81. The lowest BCUT2D eigenvalue weighted by atomic mass is 10.0. The molecule has 0 fully saturated rings. The Morgan fingerprint density at radius 1 is 0.618 bits per heavy atom. The SMILES string of the molecule is C.C.CC(C)CC(C)C.CCC(COCC(CC)COC(C)=O)COC(C)=O.CCCCCC. The van der Waals surface area contributed by atoms with Gasteiger partial charge in [-0.3, -0.25) is 9.59 Å². The average Bonchev–Trinajstić information content (AvgIpc) is 2.70. The first kappa shape index (κ1) is 43.0. The summed E-state index contributed by atoms with van der Waals surface area (Å²) in [5.41, 5.74) is 0. The normalized spacial score (nSPS) is 11.5. The van der Waals surface area contributed by atoms with Crippen LogP contribution < -0.4 is 0 Å². The summed E-state index contributed by atoms with van der Waals surface area (Å²) < 4.78 is 15.6. The van der Waals surface area contributed by atoms with Crippen LogP contribution in [0.25, 0.3) is 0 Å². The van der Waals surface area contributed by atoms with Crippen molar-refractivity contribution in [2.45, 2.75) is 129 Å². The molecule has 0 N–H and O–H groups in total. The lowest BCUT2D eigenvalue weighted by molar-refractivity contribution is -0.143. The molecule has 0 aromatic heterocycles. The summed E-state index contributed by atoms with van der Waals surface area (Å²) in [4.78, 5) is 21.5. The summed E-state index contributed by atoms with van der Waals surface area (Å²) in [6.45, 7) is 22.3. The fraction of sp³-hybridized carbons (Fsp3) is 0.931. The Morgan fingerprint density at radius 2 is 0.941 bits per heavy atom. The van der Waals surface area contributed by atoms with Gasteiger partial charge >= 0.3 is 11.9 Å². The second-order valence-electron chi connectivity index (χ2n) is 9.42. The van der Waals surface area contributed by atoms with Crippen molar-refractivity contribution in [2.75, 3.05) is 26.4 Å². The molecule has 0 aliphatic carbocycles. The van der Waals surface area contributed by atoms with E-state index in [0.717, 1.165) is 24.7 Å². The number of ether oxygens (including phenoxy) is 3. The fourth-order valence-corrected chi connectivity index (χ4v) is 2.88. The van der Waals surface area contributed by atoms with E-state index < -0.39 is 0 Å². The van der Waals surface area contributed by atoms with Crippen molar-refractivity contribution in [1.82, 2.24) is 0 Å². The Hall–Kier alpha value is -1.10. The summed E-state index contributed by atoms with van der Waals surface area (Å²) in [6.07, 6.45) is 8.69. The lowest BCUT2D eigenvalue weighted by Crippen LogP contribution is -2.22. The lowest BCUT2D eigenvalue weighted by Gasteiger charge is -2.18. The number of carbonyl (C=O) groups excluding carboxylic acids is 2. The van der Waals surface area contributed by atoms with Crippen LogP contribution in [-0.4, -0.2) is 38.4 Å². The molecule has 2 atom stereocenters. The standard InChI is InChI=1S/C14H26O5.C7H16.C6H14.2CH4/c1-5-13(9-18-11(3)15)7-17-8-14(6-2)10-19-12(4)16;1-6(2)5-7(3)4;1-3-5-6-4-2;;/h13-14H,5-10H2,1-4H3;6-7H,5H2,1-4H3;3-6H2,1-2H3;2*1H4. The van der Waals surface area contributed by atoms with E-state index in [2.05, 4.69) is 41.5 Å². The van der Waals surface area contributed by atoms with Gasteiger partial charge in [0, 0.05) is 25.7 Å². The zero-order chi connectivity index (χ0) is 25.4. The predicted octanol–water partition coefficient (Wildman–Crippen LogP) is 8.73. The van der Waals surface area contributed by atoms with Crippen LogP contribution in [0.1, 0.15) is 129 Å². The van der Waals surface area contributed by atoms with Gasteiger partial charge in [-0.25, -0.2) is 0 Å². The van der Waals surface area contributed by atoms with E-state index in [4.69, 9.17) is 14.2 Å². The third-order valence-electron chi connectivity index (χ3n) is 4.81. The molecule has 0 amide bonds. The van der Waals surface area contributed by atoms with Crippen LogP contribution in [0.2, 0.25) is 0 Å². The van der Waals surface area contributed by atoms with Crippen LogP contribution in [0.4, 0.5) is 0 Å². The molecule has 0 radical (unpaired) electrons. The molecule has 5 nitrogen and oxygen atoms in total. The Bertz CT molecular complexity index is 371. The van der Waals surface area contributed by atoms with Gasteiger partial charge < -0.3 is 14.2 Å². The highest BCUT2D eigenvalue weighted by molar-refractivity contribution is 5.66. The molecule has 0 saturated heterocycles. The van der Waals surface area contributed by atoms with Gasteiger partial charge in [0.15, 0.2) is 0 Å². The summed E-state index contributed by atoms with van der Waals surface area (Å²) >= 11 is 0. The van der Waals surface area contributed by atoms with Crippen molar-refractivity contribution in [2.24, 2.45) is 23.7 Å². The van der Waals surface area contributed by atoms with Crippen molar-refractivity contribution in [3.8, 4) is 0 Å². The van der Waals surface area contributed by atoms with E-state index >= 15 is 0 Å². The molecule has 0 aliphatic heterocycles. The first-order valence-corrected chi connectivity index (χ1v) is 12.9. The quantitative estimate of drug-likeness (QED) is 0.169. The molecular formula is C29H64O5. The van der Waals surface area contributed by atoms with Gasteiger partial charge in [0.2, 0.25) is 0 Å². The molecule has 0 bridgehead atoms. The molecule has 0 spiro atoms. The summed E-state index contributed by atoms with van der Waals surface area (Å²) in [5.74, 6) is 1.66. The number of hydrogen-bond donors (Lipinski definition) is 0. The Balaban J connectivity index is -0.000000155. The molecule has 2 unspecified atom stereocenters. The minimum atomic E-state index is -0.264. The second kappa shape index (κ2) is 31.9. The molecular weight excluding hydrogens is 428 g/mol. The molecule has 0 rings (SSSR count). The first-order chi connectivity index (χ1) is 15.0. The van der Waals surface area contributed by atoms with E-state index in [0.29, 0.717) is 26.4 Å². The van der Waals surface area contributed by atoms with E-state index in [1.807, 2.05) is 13.8 Å².